The Bertz CT molecular complexity index is 1340. The molecule has 5 rings (SSSR count). The first-order valence-electron chi connectivity index (χ1n) is 11.7. The Hall–Kier alpha value is -4.16. The first kappa shape index (κ1) is 22.6. The SMILES string of the molecule is CN(C)C(C(=O)Nc1ccc(C(=O)C2Nc3ccccc3Cn3cccc32)cc1)c1ccccc1. The molecule has 0 bridgehead atoms. The van der Waals surface area contributed by atoms with E-state index in [4.69, 9.17) is 0 Å². The highest BCUT2D eigenvalue weighted by Crippen LogP contribution is 2.31. The topological polar surface area (TPSA) is 66.4 Å². The van der Waals surface area contributed by atoms with Crippen molar-refractivity contribution in [1.29, 1.82) is 0 Å². The molecular formula is C29H28N4O2. The van der Waals surface area contributed by atoms with E-state index in [0.717, 1.165) is 22.5 Å². The summed E-state index contributed by atoms with van der Waals surface area (Å²) in [4.78, 5) is 28.5. The summed E-state index contributed by atoms with van der Waals surface area (Å²) in [6.07, 6.45) is 2.01. The highest BCUT2D eigenvalue weighted by molar-refractivity contribution is 6.03. The third kappa shape index (κ3) is 4.61. The van der Waals surface area contributed by atoms with Crippen molar-refractivity contribution in [3.63, 3.8) is 0 Å². The van der Waals surface area contributed by atoms with Gasteiger partial charge in [0.05, 0.1) is 0 Å². The number of carbonyl (C=O) groups excluding carboxylic acids is 2. The lowest BCUT2D eigenvalue weighted by Gasteiger charge is -2.24. The third-order valence-electron chi connectivity index (χ3n) is 6.40. The summed E-state index contributed by atoms with van der Waals surface area (Å²) in [7, 11) is 3.76. The molecule has 1 aliphatic heterocycles. The van der Waals surface area contributed by atoms with Gasteiger partial charge in [-0.3, -0.25) is 14.5 Å². The number of para-hydroxylation sites is 1. The average molecular weight is 465 g/mol. The van der Waals surface area contributed by atoms with E-state index in [2.05, 4.69) is 21.3 Å². The van der Waals surface area contributed by atoms with Crippen LogP contribution < -0.4 is 10.6 Å². The molecule has 2 atom stereocenters. The molecule has 1 aliphatic rings. The largest absolute Gasteiger partial charge is 0.370 e. The van der Waals surface area contributed by atoms with E-state index in [-0.39, 0.29) is 11.7 Å². The number of hydrogen-bond acceptors (Lipinski definition) is 4. The van der Waals surface area contributed by atoms with Crippen LogP contribution in [-0.4, -0.2) is 35.3 Å². The van der Waals surface area contributed by atoms with Gasteiger partial charge < -0.3 is 15.2 Å². The smallest absolute Gasteiger partial charge is 0.246 e. The summed E-state index contributed by atoms with van der Waals surface area (Å²) in [5.41, 5.74) is 5.20. The number of ketones is 1. The van der Waals surface area contributed by atoms with Gasteiger partial charge in [-0.25, -0.2) is 0 Å². The van der Waals surface area contributed by atoms with Gasteiger partial charge in [-0.1, -0.05) is 48.5 Å². The van der Waals surface area contributed by atoms with E-state index in [1.54, 1.807) is 24.3 Å². The van der Waals surface area contributed by atoms with Crippen LogP contribution in [0.5, 0.6) is 0 Å². The molecular weight excluding hydrogens is 436 g/mol. The van der Waals surface area contributed by atoms with Crippen molar-refractivity contribution in [2.45, 2.75) is 18.6 Å². The Labute approximate surface area is 205 Å². The van der Waals surface area contributed by atoms with E-state index in [1.807, 2.05) is 85.9 Å². The molecule has 0 spiro atoms. The van der Waals surface area contributed by atoms with Crippen LogP contribution >= 0.6 is 0 Å². The number of benzene rings is 3. The summed E-state index contributed by atoms with van der Waals surface area (Å²) >= 11 is 0. The van der Waals surface area contributed by atoms with E-state index in [9.17, 15) is 9.59 Å². The van der Waals surface area contributed by atoms with Crippen molar-refractivity contribution < 1.29 is 9.59 Å². The molecule has 2 heterocycles. The number of nitrogens with one attached hydrogen (secondary N) is 2. The van der Waals surface area contributed by atoms with Gasteiger partial charge in [-0.15, -0.1) is 0 Å². The molecule has 0 fully saturated rings. The number of anilines is 2. The number of aromatic nitrogens is 1. The van der Waals surface area contributed by atoms with Crippen molar-refractivity contribution in [3.05, 3.63) is 120 Å². The van der Waals surface area contributed by atoms with Crippen LogP contribution in [-0.2, 0) is 11.3 Å². The number of nitrogens with zero attached hydrogens (tertiary/aromatic N) is 2. The summed E-state index contributed by atoms with van der Waals surface area (Å²) in [5, 5.41) is 6.44. The second-order valence-electron chi connectivity index (χ2n) is 9.00. The van der Waals surface area contributed by atoms with Crippen LogP contribution in [0.1, 0.15) is 39.3 Å². The Kier molecular flexibility index (Phi) is 6.21. The maximum atomic E-state index is 13.6. The third-order valence-corrected chi connectivity index (χ3v) is 6.40. The molecule has 6 nitrogen and oxygen atoms in total. The van der Waals surface area contributed by atoms with Crippen LogP contribution in [0, 0.1) is 0 Å². The Morgan fingerprint density at radius 1 is 0.914 bits per heavy atom. The minimum atomic E-state index is -0.495. The standard InChI is InChI=1S/C29H28N4O2/c1-32(2)27(20-9-4-3-5-10-20)29(35)30-23-16-14-21(15-17-23)28(34)26-25-13-8-18-33(25)19-22-11-6-7-12-24(22)31-26/h3-18,26-27,31H,19H2,1-2H3,(H,30,35). The van der Waals surface area contributed by atoms with Crippen molar-refractivity contribution in [2.75, 3.05) is 24.7 Å². The molecule has 35 heavy (non-hydrogen) atoms. The van der Waals surface area contributed by atoms with E-state index in [1.165, 1.54) is 0 Å². The second-order valence-corrected chi connectivity index (χ2v) is 9.00. The normalized spacial score (nSPS) is 15.3. The lowest BCUT2D eigenvalue weighted by atomic mass is 10.0. The van der Waals surface area contributed by atoms with E-state index < -0.39 is 12.1 Å². The molecule has 4 aromatic rings. The zero-order chi connectivity index (χ0) is 24.4. The number of fused-ring (bicyclic) bond motifs is 2. The molecule has 0 saturated carbocycles. The summed E-state index contributed by atoms with van der Waals surface area (Å²) in [6, 6.07) is 27.9. The summed E-state index contributed by atoms with van der Waals surface area (Å²) in [6.45, 7) is 0.717. The molecule has 6 heteroatoms. The van der Waals surface area contributed by atoms with Crippen molar-refractivity contribution in [3.8, 4) is 0 Å². The van der Waals surface area contributed by atoms with Crippen molar-refractivity contribution in [1.82, 2.24) is 9.47 Å². The first-order chi connectivity index (χ1) is 17.0. The minimum absolute atomic E-state index is 0.0185. The van der Waals surface area contributed by atoms with Gasteiger partial charge in [0.25, 0.3) is 0 Å². The average Bonchev–Trinajstić information content (AvgIpc) is 3.25. The maximum absolute atomic E-state index is 13.6. The predicted octanol–water partition coefficient (Wildman–Crippen LogP) is 5.13. The Morgan fingerprint density at radius 2 is 1.63 bits per heavy atom. The van der Waals surface area contributed by atoms with Crippen molar-refractivity contribution in [2.24, 2.45) is 0 Å². The predicted molar refractivity (Wildman–Crippen MR) is 139 cm³/mol. The second kappa shape index (κ2) is 9.60. The van der Waals surface area contributed by atoms with Crippen molar-refractivity contribution >= 4 is 23.1 Å². The van der Waals surface area contributed by atoms with Crippen LogP contribution in [0.25, 0.3) is 0 Å². The van der Waals surface area contributed by atoms with Crippen LogP contribution in [0.4, 0.5) is 11.4 Å². The number of rotatable bonds is 6. The fourth-order valence-corrected chi connectivity index (χ4v) is 4.66. The number of amides is 1. The maximum Gasteiger partial charge on any atom is 0.246 e. The Balaban J connectivity index is 1.35. The molecule has 176 valence electrons. The summed E-state index contributed by atoms with van der Waals surface area (Å²) in [5.74, 6) is -0.143. The molecule has 3 aromatic carbocycles. The van der Waals surface area contributed by atoms with Crippen LogP contribution in [0.15, 0.2) is 97.2 Å². The lowest BCUT2D eigenvalue weighted by Crippen LogP contribution is -2.32. The molecule has 2 N–H and O–H groups in total. The zero-order valence-corrected chi connectivity index (χ0v) is 19.8. The van der Waals surface area contributed by atoms with Gasteiger partial charge in [0, 0.05) is 35.4 Å². The van der Waals surface area contributed by atoms with Gasteiger partial charge in [-0.05, 0) is 67.7 Å². The fraction of sp³-hybridized carbons (Fsp3) is 0.172. The molecule has 2 unspecified atom stereocenters. The molecule has 1 amide bonds. The lowest BCUT2D eigenvalue weighted by molar-refractivity contribution is -0.120. The van der Waals surface area contributed by atoms with Gasteiger partial charge in [0.15, 0.2) is 5.78 Å². The van der Waals surface area contributed by atoms with E-state index >= 15 is 0 Å². The van der Waals surface area contributed by atoms with E-state index in [0.29, 0.717) is 17.8 Å². The molecule has 0 saturated heterocycles. The van der Waals surface area contributed by atoms with Gasteiger partial charge in [0.2, 0.25) is 5.91 Å². The highest BCUT2D eigenvalue weighted by atomic mass is 16.2. The monoisotopic (exact) mass is 464 g/mol. The first-order valence-corrected chi connectivity index (χ1v) is 11.7. The fourth-order valence-electron chi connectivity index (χ4n) is 4.66. The number of hydrogen-bond donors (Lipinski definition) is 2. The summed E-state index contributed by atoms with van der Waals surface area (Å²) < 4.78 is 2.11. The quantitative estimate of drug-likeness (QED) is 0.389. The molecule has 0 radical (unpaired) electrons. The van der Waals surface area contributed by atoms with Gasteiger partial charge in [0.1, 0.15) is 12.1 Å². The molecule has 1 aromatic heterocycles. The molecule has 0 aliphatic carbocycles. The zero-order valence-electron chi connectivity index (χ0n) is 19.8. The number of Topliss-reactive ketones (excluding diaryl/α,β-unsaturated/α-hetero) is 1. The number of likely N-dealkylation sites (N-methyl/N-ethyl adjacent to an activating group) is 1. The minimum Gasteiger partial charge on any atom is -0.370 e. The number of carbonyl (C=O) groups is 2. The van der Waals surface area contributed by atoms with Crippen LogP contribution in [0.3, 0.4) is 0 Å². The Morgan fingerprint density at radius 3 is 2.37 bits per heavy atom. The van der Waals surface area contributed by atoms with Gasteiger partial charge in [-0.2, -0.15) is 0 Å². The van der Waals surface area contributed by atoms with Crippen LogP contribution in [0.2, 0.25) is 0 Å². The van der Waals surface area contributed by atoms with Gasteiger partial charge >= 0.3 is 0 Å². The highest BCUT2D eigenvalue weighted by Gasteiger charge is 2.28.